The SMILES string of the molecule is N#Cc1ccc(-c2ccc3nc(NCc4cc(F)cc(F)c4)cc(C(=O)N4CCC[C@H]4CN4CCCC4)c3c2)cc1. The van der Waals surface area contributed by atoms with E-state index in [2.05, 4.69) is 16.3 Å². The molecule has 8 heteroatoms. The summed E-state index contributed by atoms with van der Waals surface area (Å²) >= 11 is 0. The van der Waals surface area contributed by atoms with E-state index >= 15 is 0 Å². The van der Waals surface area contributed by atoms with Crippen molar-refractivity contribution in [2.75, 3.05) is 31.5 Å². The third-order valence-electron chi connectivity index (χ3n) is 8.09. The average molecular weight is 552 g/mol. The second-order valence-electron chi connectivity index (χ2n) is 10.9. The molecule has 208 valence electrons. The maximum atomic E-state index is 14.2. The van der Waals surface area contributed by atoms with Crippen LogP contribution in [0.1, 0.15) is 47.2 Å². The molecule has 0 unspecified atom stereocenters. The van der Waals surface area contributed by atoms with Crippen molar-refractivity contribution in [1.82, 2.24) is 14.8 Å². The number of fused-ring (bicyclic) bond motifs is 1. The largest absolute Gasteiger partial charge is 0.366 e. The molecule has 2 aliphatic rings. The lowest BCUT2D eigenvalue weighted by Crippen LogP contribution is -2.42. The van der Waals surface area contributed by atoms with Crippen LogP contribution in [0.5, 0.6) is 0 Å². The van der Waals surface area contributed by atoms with Crippen LogP contribution in [0.15, 0.2) is 66.7 Å². The van der Waals surface area contributed by atoms with Crippen LogP contribution in [0.3, 0.4) is 0 Å². The lowest BCUT2D eigenvalue weighted by molar-refractivity contribution is 0.0710. The second kappa shape index (κ2) is 11.6. The molecule has 0 spiro atoms. The lowest BCUT2D eigenvalue weighted by atomic mass is 9.99. The first-order chi connectivity index (χ1) is 20.0. The van der Waals surface area contributed by atoms with E-state index in [-0.39, 0.29) is 18.5 Å². The van der Waals surface area contributed by atoms with Gasteiger partial charge in [-0.25, -0.2) is 13.8 Å². The first-order valence-corrected chi connectivity index (χ1v) is 14.1. The summed E-state index contributed by atoms with van der Waals surface area (Å²) in [5.74, 6) is -0.849. The van der Waals surface area contributed by atoms with Crippen LogP contribution in [0.25, 0.3) is 22.0 Å². The molecule has 1 atom stereocenters. The van der Waals surface area contributed by atoms with Gasteiger partial charge in [0, 0.05) is 37.1 Å². The number of pyridine rings is 1. The summed E-state index contributed by atoms with van der Waals surface area (Å²) in [6, 6.07) is 20.6. The highest BCUT2D eigenvalue weighted by atomic mass is 19.1. The highest BCUT2D eigenvalue weighted by molar-refractivity contribution is 6.08. The standard InChI is InChI=1S/C33H31F2N5O/c34-26-14-23(15-27(35)17-26)20-37-32-18-30(33(41)40-13-3-4-28(40)21-39-11-1-2-12-39)29-16-25(9-10-31(29)38-32)24-7-5-22(19-36)6-8-24/h5-10,14-18,28H,1-4,11-13,20-21H2,(H,37,38)/t28-/m0/s1. The van der Waals surface area contributed by atoms with Gasteiger partial charge in [-0.15, -0.1) is 0 Å². The zero-order valence-electron chi connectivity index (χ0n) is 22.7. The summed E-state index contributed by atoms with van der Waals surface area (Å²) in [6.07, 6.45) is 4.37. The van der Waals surface area contributed by atoms with Gasteiger partial charge in [0.15, 0.2) is 0 Å². The van der Waals surface area contributed by atoms with Crippen molar-refractivity contribution < 1.29 is 13.6 Å². The molecule has 3 aromatic carbocycles. The first-order valence-electron chi connectivity index (χ1n) is 14.1. The third kappa shape index (κ3) is 5.91. The fourth-order valence-corrected chi connectivity index (χ4v) is 6.03. The number of carbonyl (C=O) groups excluding carboxylic acids is 1. The molecule has 6 rings (SSSR count). The number of hydrogen-bond acceptors (Lipinski definition) is 5. The molecule has 4 aromatic rings. The Kier molecular flexibility index (Phi) is 7.62. The molecule has 2 aliphatic heterocycles. The van der Waals surface area contributed by atoms with Gasteiger partial charge in [-0.1, -0.05) is 18.2 Å². The molecule has 1 amide bonds. The van der Waals surface area contributed by atoms with Crippen LogP contribution in [0.4, 0.5) is 14.6 Å². The van der Waals surface area contributed by atoms with Crippen molar-refractivity contribution in [2.24, 2.45) is 0 Å². The topological polar surface area (TPSA) is 72.3 Å². The molecule has 3 heterocycles. The van der Waals surface area contributed by atoms with Gasteiger partial charge >= 0.3 is 0 Å². The Morgan fingerprint density at radius 1 is 0.927 bits per heavy atom. The number of hydrogen-bond donors (Lipinski definition) is 1. The Balaban J connectivity index is 1.36. The summed E-state index contributed by atoms with van der Waals surface area (Å²) in [5.41, 5.74) is 4.08. The number of anilines is 1. The average Bonchev–Trinajstić information content (AvgIpc) is 3.67. The smallest absolute Gasteiger partial charge is 0.254 e. The van der Waals surface area contributed by atoms with Crippen molar-refractivity contribution in [3.8, 4) is 17.2 Å². The number of benzene rings is 3. The summed E-state index contributed by atoms with van der Waals surface area (Å²) in [6.45, 7) is 3.92. The number of nitrogens with one attached hydrogen (secondary N) is 1. The molecule has 0 aliphatic carbocycles. The van der Waals surface area contributed by atoms with E-state index in [0.717, 1.165) is 55.1 Å². The Bertz CT molecular complexity index is 1610. The van der Waals surface area contributed by atoms with Crippen molar-refractivity contribution in [2.45, 2.75) is 38.3 Å². The van der Waals surface area contributed by atoms with E-state index in [9.17, 15) is 18.8 Å². The number of carbonyl (C=O) groups is 1. The molecule has 0 bridgehead atoms. The summed E-state index contributed by atoms with van der Waals surface area (Å²) < 4.78 is 27.5. The molecule has 0 saturated carbocycles. The van der Waals surface area contributed by atoms with Gasteiger partial charge < -0.3 is 15.1 Å². The van der Waals surface area contributed by atoms with Crippen molar-refractivity contribution >= 4 is 22.6 Å². The van der Waals surface area contributed by atoms with E-state index in [4.69, 9.17) is 4.98 Å². The van der Waals surface area contributed by atoms with Crippen LogP contribution >= 0.6 is 0 Å². The van der Waals surface area contributed by atoms with Crippen molar-refractivity contribution in [3.63, 3.8) is 0 Å². The highest BCUT2D eigenvalue weighted by Crippen LogP contribution is 2.31. The molecule has 2 fully saturated rings. The maximum Gasteiger partial charge on any atom is 0.254 e. The minimum absolute atomic E-state index is 0.0316. The monoisotopic (exact) mass is 551 g/mol. The third-order valence-corrected chi connectivity index (χ3v) is 8.09. The fourth-order valence-electron chi connectivity index (χ4n) is 6.03. The second-order valence-corrected chi connectivity index (χ2v) is 10.9. The minimum Gasteiger partial charge on any atom is -0.366 e. The van der Waals surface area contributed by atoms with E-state index in [0.29, 0.717) is 34.6 Å². The van der Waals surface area contributed by atoms with Gasteiger partial charge in [0.05, 0.1) is 22.7 Å². The van der Waals surface area contributed by atoms with Gasteiger partial charge in [-0.2, -0.15) is 5.26 Å². The molecule has 1 aromatic heterocycles. The number of rotatable bonds is 7. The summed E-state index contributed by atoms with van der Waals surface area (Å²) in [5, 5.41) is 13.1. The Morgan fingerprint density at radius 3 is 2.39 bits per heavy atom. The van der Waals surface area contributed by atoms with Gasteiger partial charge in [0.1, 0.15) is 17.5 Å². The summed E-state index contributed by atoms with van der Waals surface area (Å²) in [4.78, 5) is 23.4. The van der Waals surface area contributed by atoms with Crippen molar-refractivity contribution in [1.29, 1.82) is 5.26 Å². The van der Waals surface area contributed by atoms with Crippen LogP contribution in [0.2, 0.25) is 0 Å². The number of aromatic nitrogens is 1. The number of halogens is 2. The van der Waals surface area contributed by atoms with Gasteiger partial charge in [-0.05, 0) is 97.9 Å². The highest BCUT2D eigenvalue weighted by Gasteiger charge is 2.32. The van der Waals surface area contributed by atoms with E-state index in [1.807, 2.05) is 35.2 Å². The Morgan fingerprint density at radius 2 is 1.66 bits per heavy atom. The maximum absolute atomic E-state index is 14.2. The van der Waals surface area contributed by atoms with Crippen molar-refractivity contribution in [3.05, 3.63) is 95.1 Å². The molecular formula is C33H31F2N5O. The molecular weight excluding hydrogens is 520 g/mol. The molecule has 6 nitrogen and oxygen atoms in total. The van der Waals surface area contributed by atoms with Gasteiger partial charge in [0.2, 0.25) is 0 Å². The lowest BCUT2D eigenvalue weighted by Gasteiger charge is -2.29. The van der Waals surface area contributed by atoms with Crippen LogP contribution in [-0.2, 0) is 6.54 Å². The number of nitriles is 1. The number of likely N-dealkylation sites (tertiary alicyclic amines) is 2. The number of nitrogens with zero attached hydrogens (tertiary/aromatic N) is 4. The number of amides is 1. The predicted molar refractivity (Wildman–Crippen MR) is 155 cm³/mol. The fraction of sp³-hybridized carbons (Fsp3) is 0.303. The Hall–Kier alpha value is -4.35. The van der Waals surface area contributed by atoms with E-state index < -0.39 is 11.6 Å². The molecule has 1 N–H and O–H groups in total. The van der Waals surface area contributed by atoms with Gasteiger partial charge in [-0.3, -0.25) is 4.79 Å². The molecule has 41 heavy (non-hydrogen) atoms. The molecule has 0 radical (unpaired) electrons. The predicted octanol–water partition coefficient (Wildman–Crippen LogP) is 6.36. The quantitative estimate of drug-likeness (QED) is 0.289. The van der Waals surface area contributed by atoms with Crippen LogP contribution in [-0.4, -0.2) is 52.9 Å². The minimum atomic E-state index is -0.641. The molecule has 2 saturated heterocycles. The van der Waals surface area contributed by atoms with E-state index in [1.165, 1.54) is 25.0 Å². The Labute approximate surface area is 238 Å². The van der Waals surface area contributed by atoms with Crippen LogP contribution in [0, 0.1) is 23.0 Å². The van der Waals surface area contributed by atoms with Gasteiger partial charge in [0.25, 0.3) is 5.91 Å². The summed E-state index contributed by atoms with van der Waals surface area (Å²) in [7, 11) is 0. The zero-order valence-corrected chi connectivity index (χ0v) is 22.7. The van der Waals surface area contributed by atoms with E-state index in [1.54, 1.807) is 18.2 Å². The van der Waals surface area contributed by atoms with Crippen LogP contribution < -0.4 is 5.32 Å². The zero-order chi connectivity index (χ0) is 28.3. The normalized spacial score (nSPS) is 17.2. The first kappa shape index (κ1) is 26.9.